The second-order valence-electron chi connectivity index (χ2n) is 1.67. The van der Waals surface area contributed by atoms with Gasteiger partial charge < -0.3 is 5.23 Å². The predicted octanol–water partition coefficient (Wildman–Crippen LogP) is 0.888. The zero-order chi connectivity index (χ0) is 8.91. The largest absolute Gasteiger partial charge is 0.409 e. The number of nitrogens with one attached hydrogen (secondary N) is 1. The minimum atomic E-state index is -4.43. The van der Waals surface area contributed by atoms with Gasteiger partial charge in [0.15, 0.2) is 0 Å². The lowest BCUT2D eigenvalue weighted by Gasteiger charge is -1.97. The van der Waals surface area contributed by atoms with Gasteiger partial charge in [-0.05, 0) is 0 Å². The summed E-state index contributed by atoms with van der Waals surface area (Å²) in [7, 11) is 1.25. The van der Waals surface area contributed by atoms with E-state index in [4.69, 9.17) is 0 Å². The van der Waals surface area contributed by atoms with Crippen molar-refractivity contribution in [3.8, 4) is 0 Å². The molecule has 0 aliphatic carbocycles. The molecule has 0 bridgehead atoms. The molecule has 0 aliphatic rings. The van der Waals surface area contributed by atoms with E-state index >= 15 is 0 Å². The minimum absolute atomic E-state index is 0.119. The first-order chi connectivity index (χ1) is 4.95. The summed E-state index contributed by atoms with van der Waals surface area (Å²) in [6.45, 7) is 1.50. The maximum Gasteiger partial charge on any atom is 0.409 e. The Balaban J connectivity index is 3.83. The molecule has 6 heteroatoms. The van der Waals surface area contributed by atoms with Crippen LogP contribution in [0.5, 0.6) is 0 Å². The average molecular weight is 164 g/mol. The molecule has 0 saturated heterocycles. The van der Waals surface area contributed by atoms with Gasteiger partial charge in [0.05, 0.1) is 0 Å². The molecule has 0 aromatic rings. The summed E-state index contributed by atoms with van der Waals surface area (Å²) in [5.41, 5.74) is 0. The summed E-state index contributed by atoms with van der Waals surface area (Å²) in [5, 5.41) is 2.07. The van der Waals surface area contributed by atoms with Crippen LogP contribution in [0.3, 0.4) is 0 Å². The third-order valence-corrected chi connectivity index (χ3v) is 0.710. The lowest BCUT2D eigenvalue weighted by molar-refractivity contribution is -0.115. The van der Waals surface area contributed by atoms with Crippen LogP contribution >= 0.6 is 0 Å². The van der Waals surface area contributed by atoms with Crippen LogP contribution in [0.15, 0.2) is 12.2 Å². The Hall–Kier alpha value is -0.935. The van der Waals surface area contributed by atoms with Crippen LogP contribution in [0.2, 0.25) is 6.82 Å². The highest BCUT2D eigenvalue weighted by molar-refractivity contribution is 6.36. The standard InChI is InChI=1S/C5H6BF3NO/c1-6-10-4(11)2-3-5(7,8)9/h2-3H,1H3,(H,10,11)/b3-2+. The van der Waals surface area contributed by atoms with E-state index < -0.39 is 12.1 Å². The normalized spacial score (nSPS) is 11.6. The van der Waals surface area contributed by atoms with Gasteiger partial charge in [0.1, 0.15) is 0 Å². The summed E-state index contributed by atoms with van der Waals surface area (Å²) >= 11 is 0. The smallest absolute Gasteiger partial charge is 0.400 e. The average Bonchev–Trinajstić information content (AvgIpc) is 1.83. The number of alkyl halides is 3. The van der Waals surface area contributed by atoms with E-state index in [1.165, 1.54) is 14.2 Å². The van der Waals surface area contributed by atoms with Crippen LogP contribution in [-0.2, 0) is 4.79 Å². The Bertz CT molecular complexity index is 166. The highest BCUT2D eigenvalue weighted by Crippen LogP contribution is 2.15. The monoisotopic (exact) mass is 164 g/mol. The van der Waals surface area contributed by atoms with Gasteiger partial charge in [-0.3, -0.25) is 4.79 Å². The van der Waals surface area contributed by atoms with E-state index in [2.05, 4.69) is 5.23 Å². The van der Waals surface area contributed by atoms with Gasteiger partial charge >= 0.3 is 6.18 Å². The number of amides is 1. The van der Waals surface area contributed by atoms with E-state index in [1.54, 1.807) is 0 Å². The first-order valence-electron chi connectivity index (χ1n) is 2.80. The number of hydrogen-bond acceptors (Lipinski definition) is 1. The molecule has 1 N–H and O–H groups in total. The Morgan fingerprint density at radius 1 is 1.55 bits per heavy atom. The summed E-state index contributed by atoms with van der Waals surface area (Å²) < 4.78 is 34.1. The Kier molecular flexibility index (Phi) is 3.71. The topological polar surface area (TPSA) is 29.1 Å². The van der Waals surface area contributed by atoms with Gasteiger partial charge in [-0.2, -0.15) is 13.2 Å². The lowest BCUT2D eigenvalue weighted by atomic mass is 10.0. The number of carbonyl (C=O) groups is 1. The third-order valence-electron chi connectivity index (χ3n) is 0.710. The van der Waals surface area contributed by atoms with Crippen molar-refractivity contribution >= 4 is 13.3 Å². The Morgan fingerprint density at radius 2 is 2.09 bits per heavy atom. The van der Waals surface area contributed by atoms with Crippen molar-refractivity contribution in [2.45, 2.75) is 13.0 Å². The lowest BCUT2D eigenvalue weighted by Crippen LogP contribution is -2.23. The molecule has 0 rings (SSSR count). The zero-order valence-electron chi connectivity index (χ0n) is 5.77. The number of hydrogen-bond donors (Lipinski definition) is 1. The number of halogens is 3. The van der Waals surface area contributed by atoms with Crippen molar-refractivity contribution in [1.29, 1.82) is 0 Å². The van der Waals surface area contributed by atoms with Crippen LogP contribution in [0.25, 0.3) is 0 Å². The van der Waals surface area contributed by atoms with Crippen molar-refractivity contribution in [2.24, 2.45) is 0 Å². The highest BCUT2D eigenvalue weighted by atomic mass is 19.4. The maximum atomic E-state index is 11.4. The first kappa shape index (κ1) is 10.1. The SMILES string of the molecule is C[B]NC(=O)/C=C/C(F)(F)F. The van der Waals surface area contributed by atoms with Crippen LogP contribution in [0, 0.1) is 0 Å². The fourth-order valence-corrected chi connectivity index (χ4v) is 0.361. The molecule has 1 amide bonds. The first-order valence-corrected chi connectivity index (χ1v) is 2.80. The van der Waals surface area contributed by atoms with Gasteiger partial charge in [0, 0.05) is 12.2 Å². The second kappa shape index (κ2) is 4.05. The van der Waals surface area contributed by atoms with Crippen molar-refractivity contribution in [1.82, 2.24) is 5.23 Å². The van der Waals surface area contributed by atoms with Gasteiger partial charge in [-0.1, -0.05) is 6.82 Å². The van der Waals surface area contributed by atoms with E-state index in [9.17, 15) is 18.0 Å². The maximum absolute atomic E-state index is 11.4. The number of carbonyl (C=O) groups excluding carboxylic acids is 1. The fourth-order valence-electron chi connectivity index (χ4n) is 0.361. The van der Waals surface area contributed by atoms with Crippen molar-refractivity contribution < 1.29 is 18.0 Å². The molecular formula is C5H6BF3NO. The molecule has 11 heavy (non-hydrogen) atoms. The highest BCUT2D eigenvalue weighted by Gasteiger charge is 2.22. The van der Waals surface area contributed by atoms with E-state index in [1.807, 2.05) is 0 Å². The van der Waals surface area contributed by atoms with Gasteiger partial charge in [0.25, 0.3) is 0 Å². The molecule has 0 unspecified atom stereocenters. The molecule has 0 fully saturated rings. The van der Waals surface area contributed by atoms with Crippen LogP contribution in [0.4, 0.5) is 13.2 Å². The van der Waals surface area contributed by atoms with Crippen molar-refractivity contribution in [3.63, 3.8) is 0 Å². The van der Waals surface area contributed by atoms with Gasteiger partial charge in [-0.25, -0.2) is 0 Å². The zero-order valence-corrected chi connectivity index (χ0v) is 5.77. The molecule has 2 nitrogen and oxygen atoms in total. The molecule has 0 heterocycles. The Morgan fingerprint density at radius 3 is 2.45 bits per heavy atom. The van der Waals surface area contributed by atoms with Gasteiger partial charge in [-0.15, -0.1) is 0 Å². The minimum Gasteiger partial charge on any atom is -0.400 e. The molecule has 0 atom stereocenters. The molecule has 0 aromatic carbocycles. The summed E-state index contributed by atoms with van der Waals surface area (Å²) in [6.07, 6.45) is -4.11. The quantitative estimate of drug-likeness (QED) is 0.476. The molecule has 61 valence electrons. The van der Waals surface area contributed by atoms with E-state index in [0.717, 1.165) is 0 Å². The number of allylic oxidation sites excluding steroid dienone is 1. The molecular weight excluding hydrogens is 158 g/mol. The van der Waals surface area contributed by atoms with Gasteiger partial charge in [0.2, 0.25) is 13.3 Å². The summed E-state index contributed by atoms with van der Waals surface area (Å²) in [6, 6.07) is 0. The third kappa shape index (κ3) is 6.96. The van der Waals surface area contributed by atoms with Crippen molar-refractivity contribution in [2.75, 3.05) is 0 Å². The number of rotatable bonds is 2. The molecule has 0 spiro atoms. The van der Waals surface area contributed by atoms with E-state index in [-0.39, 0.29) is 6.08 Å². The Labute approximate surface area is 62.7 Å². The van der Waals surface area contributed by atoms with Crippen LogP contribution in [-0.4, -0.2) is 19.5 Å². The summed E-state index contributed by atoms with van der Waals surface area (Å²) in [5.74, 6) is -0.787. The van der Waals surface area contributed by atoms with Crippen molar-refractivity contribution in [3.05, 3.63) is 12.2 Å². The van der Waals surface area contributed by atoms with Crippen LogP contribution in [0.1, 0.15) is 0 Å². The second-order valence-corrected chi connectivity index (χ2v) is 1.67. The molecule has 0 aliphatic heterocycles. The van der Waals surface area contributed by atoms with Crippen LogP contribution < -0.4 is 5.23 Å². The molecule has 0 saturated carbocycles. The molecule has 1 radical (unpaired) electrons. The predicted molar refractivity (Wildman–Crippen MR) is 35.0 cm³/mol. The summed E-state index contributed by atoms with van der Waals surface area (Å²) in [4.78, 5) is 10.4. The molecule has 0 aromatic heterocycles. The fraction of sp³-hybridized carbons (Fsp3) is 0.400. The van der Waals surface area contributed by atoms with E-state index in [0.29, 0.717) is 6.08 Å².